The van der Waals surface area contributed by atoms with Crippen molar-refractivity contribution in [2.45, 2.75) is 39.7 Å². The van der Waals surface area contributed by atoms with Crippen molar-refractivity contribution in [1.29, 1.82) is 0 Å². The zero-order valence-corrected chi connectivity index (χ0v) is 15.6. The van der Waals surface area contributed by atoms with Crippen LogP contribution in [0.4, 0.5) is 0 Å². The van der Waals surface area contributed by atoms with E-state index in [1.807, 2.05) is 29.5 Å². The molecule has 0 atom stereocenters. The molecule has 0 bridgehead atoms. The van der Waals surface area contributed by atoms with Crippen LogP contribution in [0.5, 0.6) is 11.5 Å². The van der Waals surface area contributed by atoms with Crippen LogP contribution < -0.4 is 14.8 Å². The molecule has 0 unspecified atom stereocenters. The second-order valence-corrected chi connectivity index (χ2v) is 7.22. The van der Waals surface area contributed by atoms with Crippen LogP contribution in [0.25, 0.3) is 0 Å². The second kappa shape index (κ2) is 8.73. The van der Waals surface area contributed by atoms with Crippen molar-refractivity contribution in [1.82, 2.24) is 5.32 Å². The third-order valence-electron chi connectivity index (χ3n) is 3.93. The summed E-state index contributed by atoms with van der Waals surface area (Å²) in [6, 6.07) is 7.89. The quantitative estimate of drug-likeness (QED) is 0.784. The highest BCUT2D eigenvalue weighted by molar-refractivity contribution is 7.12. The number of rotatable bonds is 8. The average molecular weight is 347 g/mol. The zero-order valence-electron chi connectivity index (χ0n) is 14.8. The first-order chi connectivity index (χ1) is 11.5. The van der Waals surface area contributed by atoms with E-state index in [1.165, 1.54) is 15.3 Å². The lowest BCUT2D eigenvalue weighted by Crippen LogP contribution is -2.22. The lowest BCUT2D eigenvalue weighted by atomic mass is 10.1. The number of benzene rings is 1. The highest BCUT2D eigenvalue weighted by atomic mass is 32.1. The number of nitrogens with one attached hydrogen (secondary N) is 1. The summed E-state index contributed by atoms with van der Waals surface area (Å²) in [7, 11) is 3.21. The van der Waals surface area contributed by atoms with Gasteiger partial charge in [-0.1, -0.05) is 6.07 Å². The van der Waals surface area contributed by atoms with Crippen LogP contribution >= 0.6 is 11.3 Å². The fourth-order valence-corrected chi connectivity index (χ4v) is 3.63. The number of hydrogen-bond acceptors (Lipinski definition) is 4. The van der Waals surface area contributed by atoms with Crippen molar-refractivity contribution in [3.05, 3.63) is 45.1 Å². The largest absolute Gasteiger partial charge is 0.493 e. The van der Waals surface area contributed by atoms with Crippen LogP contribution in [0, 0.1) is 13.8 Å². The number of ether oxygens (including phenoxy) is 2. The van der Waals surface area contributed by atoms with Crippen LogP contribution in [-0.2, 0) is 17.8 Å². The first-order valence-electron chi connectivity index (χ1n) is 8.07. The van der Waals surface area contributed by atoms with E-state index in [4.69, 9.17) is 9.47 Å². The monoisotopic (exact) mass is 347 g/mol. The molecule has 5 heteroatoms. The van der Waals surface area contributed by atoms with Crippen LogP contribution in [0.15, 0.2) is 24.3 Å². The van der Waals surface area contributed by atoms with Crippen molar-refractivity contribution >= 4 is 17.2 Å². The first kappa shape index (κ1) is 18.3. The minimum absolute atomic E-state index is 0.0781. The van der Waals surface area contributed by atoms with Gasteiger partial charge in [-0.05, 0) is 56.0 Å². The Kier molecular flexibility index (Phi) is 6.67. The van der Waals surface area contributed by atoms with E-state index >= 15 is 0 Å². The minimum atomic E-state index is 0.0781. The number of aryl methyl sites for hydroxylation is 3. The van der Waals surface area contributed by atoms with Gasteiger partial charge in [0.1, 0.15) is 0 Å². The molecule has 4 nitrogen and oxygen atoms in total. The summed E-state index contributed by atoms with van der Waals surface area (Å²) in [5.74, 6) is 1.44. The fraction of sp³-hybridized carbons (Fsp3) is 0.421. The van der Waals surface area contributed by atoms with Gasteiger partial charge in [0.05, 0.1) is 14.2 Å². The molecular formula is C19H25NO3S. The fourth-order valence-electron chi connectivity index (χ4n) is 2.65. The average Bonchev–Trinajstić information content (AvgIpc) is 2.90. The zero-order chi connectivity index (χ0) is 17.5. The van der Waals surface area contributed by atoms with Gasteiger partial charge in [0.2, 0.25) is 5.91 Å². The predicted molar refractivity (Wildman–Crippen MR) is 98.1 cm³/mol. The summed E-state index contributed by atoms with van der Waals surface area (Å²) < 4.78 is 10.5. The summed E-state index contributed by atoms with van der Waals surface area (Å²) in [6.07, 6.45) is 2.37. The molecule has 2 rings (SSSR count). The Balaban J connectivity index is 1.78. The van der Waals surface area contributed by atoms with Crippen molar-refractivity contribution < 1.29 is 14.3 Å². The Morgan fingerprint density at radius 1 is 1.12 bits per heavy atom. The Labute approximate surface area is 147 Å². The first-order valence-corrected chi connectivity index (χ1v) is 8.88. The topological polar surface area (TPSA) is 47.6 Å². The van der Waals surface area contributed by atoms with Gasteiger partial charge in [-0.3, -0.25) is 4.79 Å². The molecule has 0 aliphatic heterocycles. The van der Waals surface area contributed by atoms with E-state index in [1.54, 1.807) is 14.2 Å². The van der Waals surface area contributed by atoms with Gasteiger partial charge in [-0.2, -0.15) is 0 Å². The molecule has 0 spiro atoms. The van der Waals surface area contributed by atoms with Gasteiger partial charge in [-0.25, -0.2) is 0 Å². The Morgan fingerprint density at radius 3 is 2.50 bits per heavy atom. The summed E-state index contributed by atoms with van der Waals surface area (Å²) >= 11 is 1.82. The Bertz CT molecular complexity index is 694. The Hall–Kier alpha value is -2.01. The molecule has 1 heterocycles. The molecule has 2 aromatic rings. The maximum absolute atomic E-state index is 12.0. The molecule has 130 valence electrons. The van der Waals surface area contributed by atoms with Gasteiger partial charge in [0, 0.05) is 22.7 Å². The number of carbonyl (C=O) groups is 1. The molecule has 1 aromatic heterocycles. The third kappa shape index (κ3) is 4.99. The van der Waals surface area contributed by atoms with Crippen LogP contribution in [-0.4, -0.2) is 20.1 Å². The maximum Gasteiger partial charge on any atom is 0.220 e. The number of methoxy groups -OCH3 is 2. The molecule has 0 radical (unpaired) electrons. The summed E-state index contributed by atoms with van der Waals surface area (Å²) in [6.45, 7) is 4.76. The van der Waals surface area contributed by atoms with E-state index in [-0.39, 0.29) is 5.91 Å². The van der Waals surface area contributed by atoms with Gasteiger partial charge in [0.25, 0.3) is 0 Å². The molecule has 0 aliphatic rings. The molecule has 1 N–H and O–H groups in total. The minimum Gasteiger partial charge on any atom is -0.493 e. The third-order valence-corrected chi connectivity index (χ3v) is 4.94. The predicted octanol–water partition coefficient (Wildman–Crippen LogP) is 4.02. The summed E-state index contributed by atoms with van der Waals surface area (Å²) in [5, 5.41) is 2.96. The number of hydrogen-bond donors (Lipinski definition) is 1. The molecule has 1 amide bonds. The van der Waals surface area contributed by atoms with Gasteiger partial charge in [0.15, 0.2) is 11.5 Å². The van der Waals surface area contributed by atoms with Crippen molar-refractivity contribution in [2.24, 2.45) is 0 Å². The number of thiophene rings is 1. The summed E-state index contributed by atoms with van der Waals surface area (Å²) in [4.78, 5) is 14.7. The highest BCUT2D eigenvalue weighted by Crippen LogP contribution is 2.27. The van der Waals surface area contributed by atoms with Crippen molar-refractivity contribution in [3.63, 3.8) is 0 Å². The van der Waals surface area contributed by atoms with E-state index in [9.17, 15) is 4.79 Å². The molecule has 24 heavy (non-hydrogen) atoms. The molecule has 0 aliphatic carbocycles. The van der Waals surface area contributed by atoms with Crippen LogP contribution in [0.3, 0.4) is 0 Å². The number of amides is 1. The lowest BCUT2D eigenvalue weighted by molar-refractivity contribution is -0.121. The van der Waals surface area contributed by atoms with Crippen molar-refractivity contribution in [3.8, 4) is 11.5 Å². The second-order valence-electron chi connectivity index (χ2n) is 5.76. The highest BCUT2D eigenvalue weighted by Gasteiger charge is 2.07. The molecule has 0 saturated heterocycles. The van der Waals surface area contributed by atoms with E-state index in [2.05, 4.69) is 25.2 Å². The molecule has 1 aromatic carbocycles. The van der Waals surface area contributed by atoms with Gasteiger partial charge >= 0.3 is 0 Å². The van der Waals surface area contributed by atoms with Crippen LogP contribution in [0.1, 0.15) is 33.7 Å². The summed E-state index contributed by atoms with van der Waals surface area (Å²) in [5.41, 5.74) is 2.36. The maximum atomic E-state index is 12.0. The van der Waals surface area contributed by atoms with Crippen LogP contribution in [0.2, 0.25) is 0 Å². The molecule has 0 saturated carbocycles. The standard InChI is InChI=1S/C19H25NO3S/c1-13-10-16(14(2)24-13)6-5-7-19(21)20-12-15-8-9-17(22-3)18(11-15)23-4/h8-11H,5-7,12H2,1-4H3,(H,20,21). The normalized spacial score (nSPS) is 10.5. The van der Waals surface area contributed by atoms with Gasteiger partial charge < -0.3 is 14.8 Å². The Morgan fingerprint density at radius 2 is 1.88 bits per heavy atom. The molecular weight excluding hydrogens is 322 g/mol. The number of carbonyl (C=O) groups excluding carboxylic acids is 1. The smallest absolute Gasteiger partial charge is 0.220 e. The molecule has 0 fully saturated rings. The van der Waals surface area contributed by atoms with Gasteiger partial charge in [-0.15, -0.1) is 11.3 Å². The van der Waals surface area contributed by atoms with E-state index in [0.717, 1.165) is 18.4 Å². The van der Waals surface area contributed by atoms with Crippen molar-refractivity contribution in [2.75, 3.05) is 14.2 Å². The SMILES string of the molecule is COc1ccc(CNC(=O)CCCc2cc(C)sc2C)cc1OC. The lowest BCUT2D eigenvalue weighted by Gasteiger charge is -2.10. The van der Waals surface area contributed by atoms with E-state index < -0.39 is 0 Å². The van der Waals surface area contributed by atoms with E-state index in [0.29, 0.717) is 24.5 Å².